The number of aliphatic imine (C=N–C) groups is 1. The zero-order chi connectivity index (χ0) is 16.2. The van der Waals surface area contributed by atoms with E-state index in [-0.39, 0.29) is 17.4 Å². The molecule has 0 aliphatic heterocycles. The largest absolute Gasteiger partial charge is 0.395 e. The highest BCUT2D eigenvalue weighted by atomic mass is 16.3. The van der Waals surface area contributed by atoms with E-state index in [4.69, 9.17) is 0 Å². The zero-order valence-corrected chi connectivity index (χ0v) is 14.5. The molecule has 0 bridgehead atoms. The summed E-state index contributed by atoms with van der Waals surface area (Å²) in [5.74, 6) is 2.25. The van der Waals surface area contributed by atoms with Gasteiger partial charge in [0.15, 0.2) is 0 Å². The molecule has 4 rings (SSSR count). The summed E-state index contributed by atoms with van der Waals surface area (Å²) in [6.07, 6.45) is 10.6. The third kappa shape index (κ3) is 1.98. The summed E-state index contributed by atoms with van der Waals surface area (Å²) >= 11 is 0. The standard InChI is InChI=1S/C20H29NO2/c1-19-9-8-17-15(16(19)5-6-18(19)23)4-3-13-11-14(21-2)7-10-20(13,17)12-22/h11,15-17,22H,3-10,12H2,1-2H3. The minimum absolute atomic E-state index is 0.0237. The first-order valence-electron chi connectivity index (χ1n) is 9.36. The number of nitrogens with zero attached hydrogens (tertiary/aromatic N) is 1. The van der Waals surface area contributed by atoms with Gasteiger partial charge in [0.2, 0.25) is 0 Å². The van der Waals surface area contributed by atoms with Crippen molar-refractivity contribution in [3.05, 3.63) is 11.6 Å². The lowest BCUT2D eigenvalue weighted by atomic mass is 9.47. The fourth-order valence-electron chi connectivity index (χ4n) is 6.62. The molecule has 3 fully saturated rings. The molecule has 0 spiro atoms. The number of fused-ring (bicyclic) bond motifs is 5. The molecule has 0 aromatic rings. The van der Waals surface area contributed by atoms with Crippen LogP contribution in [0.4, 0.5) is 0 Å². The molecule has 0 radical (unpaired) electrons. The van der Waals surface area contributed by atoms with Gasteiger partial charge < -0.3 is 5.11 Å². The molecule has 3 heteroatoms. The molecule has 1 N–H and O–H groups in total. The molecule has 3 nitrogen and oxygen atoms in total. The molecule has 4 aliphatic carbocycles. The van der Waals surface area contributed by atoms with Crippen molar-refractivity contribution in [2.75, 3.05) is 13.7 Å². The molecule has 5 unspecified atom stereocenters. The van der Waals surface area contributed by atoms with Gasteiger partial charge in [-0.05, 0) is 68.8 Å². The Kier molecular flexibility index (Phi) is 3.57. The molecule has 23 heavy (non-hydrogen) atoms. The zero-order valence-electron chi connectivity index (χ0n) is 14.5. The summed E-state index contributed by atoms with van der Waals surface area (Å²) in [6, 6.07) is 0. The Balaban J connectivity index is 1.72. The number of aliphatic hydroxyl groups is 1. The first-order chi connectivity index (χ1) is 11.0. The van der Waals surface area contributed by atoms with Crippen LogP contribution in [0.25, 0.3) is 0 Å². The van der Waals surface area contributed by atoms with E-state index in [1.165, 1.54) is 17.7 Å². The van der Waals surface area contributed by atoms with E-state index in [2.05, 4.69) is 18.0 Å². The fourth-order valence-corrected chi connectivity index (χ4v) is 6.62. The van der Waals surface area contributed by atoms with Crippen LogP contribution in [0, 0.1) is 28.6 Å². The van der Waals surface area contributed by atoms with Gasteiger partial charge in [0.05, 0.1) is 6.61 Å². The maximum atomic E-state index is 12.4. The Morgan fingerprint density at radius 1 is 1.17 bits per heavy atom. The first kappa shape index (κ1) is 15.6. The van der Waals surface area contributed by atoms with Gasteiger partial charge >= 0.3 is 0 Å². The molecule has 0 aromatic heterocycles. The minimum Gasteiger partial charge on any atom is -0.395 e. The lowest BCUT2D eigenvalue weighted by Crippen LogP contribution is -2.53. The normalized spacial score (nSPS) is 47.8. The molecule has 126 valence electrons. The van der Waals surface area contributed by atoms with Gasteiger partial charge in [0.25, 0.3) is 0 Å². The lowest BCUT2D eigenvalue weighted by Gasteiger charge is -2.57. The van der Waals surface area contributed by atoms with Crippen molar-refractivity contribution in [1.82, 2.24) is 0 Å². The van der Waals surface area contributed by atoms with E-state index in [1.54, 1.807) is 0 Å². The molecule has 0 amide bonds. The lowest BCUT2D eigenvalue weighted by molar-refractivity contribution is -0.133. The number of hydrogen-bond donors (Lipinski definition) is 1. The number of rotatable bonds is 1. The number of aliphatic hydroxyl groups excluding tert-OH is 1. The number of allylic oxidation sites excluding steroid dienone is 1. The smallest absolute Gasteiger partial charge is 0.139 e. The average Bonchev–Trinajstić information content (AvgIpc) is 2.89. The number of carbonyl (C=O) groups is 1. The van der Waals surface area contributed by atoms with Gasteiger partial charge in [-0.3, -0.25) is 9.79 Å². The van der Waals surface area contributed by atoms with Gasteiger partial charge in [-0.15, -0.1) is 0 Å². The predicted molar refractivity (Wildman–Crippen MR) is 91.5 cm³/mol. The Bertz CT molecular complexity index is 592. The Hall–Kier alpha value is -0.960. The molecule has 4 aliphatic rings. The molecule has 5 atom stereocenters. The SMILES string of the molecule is CN=C1C=C2CCC3C4CCC(=O)C4(C)CCC3C2(CO)CC1. The third-order valence-corrected chi connectivity index (χ3v) is 7.98. The molecular formula is C20H29NO2. The van der Waals surface area contributed by atoms with Crippen LogP contribution in [0.5, 0.6) is 0 Å². The molecular weight excluding hydrogens is 286 g/mol. The number of carbonyl (C=O) groups excluding carboxylic acids is 1. The van der Waals surface area contributed by atoms with Crippen LogP contribution in [0.1, 0.15) is 58.3 Å². The van der Waals surface area contributed by atoms with Crippen LogP contribution < -0.4 is 0 Å². The summed E-state index contributed by atoms with van der Waals surface area (Å²) in [6.45, 7) is 2.50. The summed E-state index contributed by atoms with van der Waals surface area (Å²) in [4.78, 5) is 16.8. The van der Waals surface area contributed by atoms with Crippen molar-refractivity contribution in [3.63, 3.8) is 0 Å². The van der Waals surface area contributed by atoms with Crippen LogP contribution in [-0.2, 0) is 4.79 Å². The Morgan fingerprint density at radius 2 is 2.00 bits per heavy atom. The van der Waals surface area contributed by atoms with E-state index < -0.39 is 0 Å². The van der Waals surface area contributed by atoms with E-state index in [9.17, 15) is 9.90 Å². The second-order valence-electron chi connectivity index (χ2n) is 8.53. The van der Waals surface area contributed by atoms with E-state index in [0.717, 1.165) is 44.9 Å². The highest BCUT2D eigenvalue weighted by Gasteiger charge is 2.59. The van der Waals surface area contributed by atoms with E-state index in [1.807, 2.05) is 7.05 Å². The summed E-state index contributed by atoms with van der Waals surface area (Å²) in [5, 5.41) is 10.4. The van der Waals surface area contributed by atoms with Crippen molar-refractivity contribution in [2.24, 2.45) is 33.6 Å². The van der Waals surface area contributed by atoms with Gasteiger partial charge in [0.1, 0.15) is 5.78 Å². The second-order valence-corrected chi connectivity index (χ2v) is 8.53. The summed E-state index contributed by atoms with van der Waals surface area (Å²) in [7, 11) is 1.88. The van der Waals surface area contributed by atoms with Crippen LogP contribution >= 0.6 is 0 Å². The molecule has 0 aromatic carbocycles. The molecule has 0 saturated heterocycles. The maximum absolute atomic E-state index is 12.4. The second kappa shape index (κ2) is 5.27. The third-order valence-electron chi connectivity index (χ3n) is 7.98. The average molecular weight is 315 g/mol. The number of Topliss-reactive ketones (excluding diaryl/α,β-unsaturated/α-hetero) is 1. The van der Waals surface area contributed by atoms with E-state index >= 15 is 0 Å². The Morgan fingerprint density at radius 3 is 2.74 bits per heavy atom. The van der Waals surface area contributed by atoms with Crippen molar-refractivity contribution < 1.29 is 9.90 Å². The van der Waals surface area contributed by atoms with Crippen molar-refractivity contribution >= 4 is 11.5 Å². The summed E-state index contributed by atoms with van der Waals surface area (Å²) in [5.41, 5.74) is 2.55. The highest BCUT2D eigenvalue weighted by molar-refractivity contribution is 5.96. The maximum Gasteiger partial charge on any atom is 0.139 e. The predicted octanol–water partition coefficient (Wildman–Crippen LogP) is 3.56. The molecule has 0 heterocycles. The van der Waals surface area contributed by atoms with Gasteiger partial charge in [-0.2, -0.15) is 0 Å². The van der Waals surface area contributed by atoms with Crippen LogP contribution in [0.15, 0.2) is 16.6 Å². The van der Waals surface area contributed by atoms with Crippen LogP contribution in [0.2, 0.25) is 0 Å². The Labute approximate surface area is 139 Å². The first-order valence-corrected chi connectivity index (χ1v) is 9.36. The molecule has 3 saturated carbocycles. The topological polar surface area (TPSA) is 49.7 Å². The van der Waals surface area contributed by atoms with Gasteiger partial charge in [0, 0.05) is 30.0 Å². The van der Waals surface area contributed by atoms with Crippen LogP contribution in [0.3, 0.4) is 0 Å². The summed E-state index contributed by atoms with van der Waals surface area (Å²) < 4.78 is 0. The van der Waals surface area contributed by atoms with Crippen molar-refractivity contribution in [1.29, 1.82) is 0 Å². The van der Waals surface area contributed by atoms with Gasteiger partial charge in [-0.1, -0.05) is 12.5 Å². The number of hydrogen-bond acceptors (Lipinski definition) is 3. The van der Waals surface area contributed by atoms with Gasteiger partial charge in [-0.25, -0.2) is 0 Å². The monoisotopic (exact) mass is 315 g/mol. The minimum atomic E-state index is -0.0657. The van der Waals surface area contributed by atoms with Crippen molar-refractivity contribution in [3.8, 4) is 0 Å². The fraction of sp³-hybridized carbons (Fsp3) is 0.800. The quantitative estimate of drug-likeness (QED) is 0.804. The highest BCUT2D eigenvalue weighted by Crippen LogP contribution is 2.64. The van der Waals surface area contributed by atoms with Crippen molar-refractivity contribution in [2.45, 2.75) is 58.3 Å². The number of ketones is 1. The van der Waals surface area contributed by atoms with Crippen LogP contribution in [-0.4, -0.2) is 30.3 Å². The van der Waals surface area contributed by atoms with E-state index in [0.29, 0.717) is 23.5 Å².